The zero-order valence-electron chi connectivity index (χ0n) is 5.69. The number of hydrogen-bond donors (Lipinski definition) is 1. The molecule has 0 radical (unpaired) electrons. The molecule has 1 aromatic heterocycles. The molecule has 6 heteroatoms. The minimum atomic E-state index is -4.50. The molecule has 0 aromatic carbocycles. The summed E-state index contributed by atoms with van der Waals surface area (Å²) in [5.41, 5.74) is 3.94. The van der Waals surface area contributed by atoms with E-state index in [1.165, 1.54) is 0 Å². The van der Waals surface area contributed by atoms with Crippen LogP contribution >= 0.6 is 11.6 Å². The monoisotopic (exact) mass is 196 g/mol. The van der Waals surface area contributed by atoms with Crippen molar-refractivity contribution in [2.24, 2.45) is 0 Å². The Labute approximate surface area is 71.2 Å². The maximum atomic E-state index is 12.0. The molecule has 0 bridgehead atoms. The van der Waals surface area contributed by atoms with E-state index in [1.807, 2.05) is 0 Å². The van der Waals surface area contributed by atoms with Crippen molar-refractivity contribution < 1.29 is 13.2 Å². The summed E-state index contributed by atoms with van der Waals surface area (Å²) < 4.78 is 36.1. The Morgan fingerprint density at radius 3 is 2.33 bits per heavy atom. The molecule has 0 saturated heterocycles. The zero-order chi connectivity index (χ0) is 9.35. The van der Waals surface area contributed by atoms with Crippen LogP contribution in [0.1, 0.15) is 5.56 Å². The molecule has 66 valence electrons. The van der Waals surface area contributed by atoms with E-state index in [-0.39, 0.29) is 5.69 Å². The Balaban J connectivity index is 3.26. The third kappa shape index (κ3) is 1.61. The van der Waals surface area contributed by atoms with Crippen LogP contribution in [0.4, 0.5) is 18.9 Å². The molecule has 0 amide bonds. The van der Waals surface area contributed by atoms with Gasteiger partial charge in [0.2, 0.25) is 0 Å². The quantitative estimate of drug-likeness (QED) is 0.692. The van der Waals surface area contributed by atoms with Gasteiger partial charge in [-0.15, -0.1) is 0 Å². The lowest BCUT2D eigenvalue weighted by molar-refractivity contribution is -0.137. The Hall–Kier alpha value is -0.970. The van der Waals surface area contributed by atoms with Crippen molar-refractivity contribution in [3.05, 3.63) is 23.0 Å². The highest BCUT2D eigenvalue weighted by molar-refractivity contribution is 6.33. The summed E-state index contributed by atoms with van der Waals surface area (Å²) in [4.78, 5) is 3.28. The molecule has 0 aliphatic heterocycles. The van der Waals surface area contributed by atoms with Crippen LogP contribution in [0.25, 0.3) is 0 Å². The average Bonchev–Trinajstić information content (AvgIpc) is 1.92. The fourth-order valence-corrected chi connectivity index (χ4v) is 0.863. The van der Waals surface area contributed by atoms with Gasteiger partial charge in [-0.2, -0.15) is 13.2 Å². The number of nitrogens with zero attached hydrogens (tertiary/aromatic N) is 1. The lowest BCUT2D eigenvalue weighted by atomic mass is 10.2. The number of aromatic nitrogens is 1. The Bertz CT molecular complexity index is 297. The SMILES string of the molecule is Nc1cncc(C(F)(F)F)c1Cl. The number of alkyl halides is 3. The third-order valence-electron chi connectivity index (χ3n) is 1.21. The van der Waals surface area contributed by atoms with Gasteiger partial charge in [-0.1, -0.05) is 11.6 Å². The Morgan fingerprint density at radius 2 is 1.92 bits per heavy atom. The van der Waals surface area contributed by atoms with E-state index in [1.54, 1.807) is 0 Å². The second-order valence-electron chi connectivity index (χ2n) is 2.09. The van der Waals surface area contributed by atoms with E-state index in [9.17, 15) is 13.2 Å². The average molecular weight is 197 g/mol. The number of pyridine rings is 1. The third-order valence-corrected chi connectivity index (χ3v) is 1.63. The molecule has 0 spiro atoms. The van der Waals surface area contributed by atoms with Gasteiger partial charge < -0.3 is 5.73 Å². The van der Waals surface area contributed by atoms with E-state index in [0.29, 0.717) is 6.20 Å². The van der Waals surface area contributed by atoms with Gasteiger partial charge in [0.1, 0.15) is 0 Å². The first-order chi connectivity index (χ1) is 5.43. The molecule has 0 unspecified atom stereocenters. The second kappa shape index (κ2) is 2.82. The number of rotatable bonds is 0. The molecule has 0 aliphatic carbocycles. The second-order valence-corrected chi connectivity index (χ2v) is 2.47. The van der Waals surface area contributed by atoms with Crippen molar-refractivity contribution in [3.63, 3.8) is 0 Å². The van der Waals surface area contributed by atoms with E-state index in [4.69, 9.17) is 17.3 Å². The molecular formula is C6H4ClF3N2. The van der Waals surface area contributed by atoms with Crippen LogP contribution in [0.5, 0.6) is 0 Å². The smallest absolute Gasteiger partial charge is 0.396 e. The molecular weight excluding hydrogens is 193 g/mol. The fraction of sp³-hybridized carbons (Fsp3) is 0.167. The van der Waals surface area contributed by atoms with Gasteiger partial charge in [0, 0.05) is 6.20 Å². The van der Waals surface area contributed by atoms with Crippen molar-refractivity contribution in [2.75, 3.05) is 5.73 Å². The van der Waals surface area contributed by atoms with Gasteiger partial charge in [0.15, 0.2) is 0 Å². The molecule has 2 nitrogen and oxygen atoms in total. The van der Waals surface area contributed by atoms with E-state index in [2.05, 4.69) is 4.98 Å². The normalized spacial score (nSPS) is 11.7. The van der Waals surface area contributed by atoms with Crippen LogP contribution in [0.15, 0.2) is 12.4 Å². The minimum Gasteiger partial charge on any atom is -0.396 e. The molecule has 0 aliphatic rings. The van der Waals surface area contributed by atoms with Crippen LogP contribution in [0.3, 0.4) is 0 Å². The Morgan fingerprint density at radius 1 is 1.33 bits per heavy atom. The van der Waals surface area contributed by atoms with Crippen LogP contribution in [-0.2, 0) is 6.18 Å². The van der Waals surface area contributed by atoms with Crippen molar-refractivity contribution in [2.45, 2.75) is 6.18 Å². The lowest BCUT2D eigenvalue weighted by Gasteiger charge is -2.08. The van der Waals surface area contributed by atoms with Crippen LogP contribution in [0.2, 0.25) is 5.02 Å². The molecule has 2 N–H and O–H groups in total. The highest BCUT2D eigenvalue weighted by Crippen LogP contribution is 2.36. The standard InChI is InChI=1S/C6H4ClF3N2/c7-5-3(6(8,9)10)1-12-2-4(5)11/h1-2H,11H2. The molecule has 12 heavy (non-hydrogen) atoms. The first-order valence-electron chi connectivity index (χ1n) is 2.89. The fourth-order valence-electron chi connectivity index (χ4n) is 0.659. The summed E-state index contributed by atoms with van der Waals surface area (Å²) in [5, 5.41) is -0.502. The summed E-state index contributed by atoms with van der Waals surface area (Å²) in [6.07, 6.45) is -2.80. The maximum Gasteiger partial charge on any atom is 0.419 e. The number of anilines is 1. The Kier molecular flexibility index (Phi) is 2.14. The van der Waals surface area contributed by atoms with Crippen LogP contribution < -0.4 is 5.73 Å². The summed E-state index contributed by atoms with van der Waals surface area (Å²) in [5.74, 6) is 0. The molecule has 0 atom stereocenters. The van der Waals surface area contributed by atoms with E-state index < -0.39 is 16.8 Å². The molecule has 1 heterocycles. The minimum absolute atomic E-state index is 0.175. The molecule has 0 fully saturated rings. The first-order valence-corrected chi connectivity index (χ1v) is 3.27. The maximum absolute atomic E-state index is 12.0. The van der Waals surface area contributed by atoms with Crippen molar-refractivity contribution in [3.8, 4) is 0 Å². The van der Waals surface area contributed by atoms with Gasteiger partial charge in [-0.3, -0.25) is 4.98 Å². The van der Waals surface area contributed by atoms with Crippen molar-refractivity contribution >= 4 is 17.3 Å². The van der Waals surface area contributed by atoms with E-state index >= 15 is 0 Å². The van der Waals surface area contributed by atoms with Crippen molar-refractivity contribution in [1.82, 2.24) is 4.98 Å². The predicted octanol–water partition coefficient (Wildman–Crippen LogP) is 2.34. The topological polar surface area (TPSA) is 38.9 Å². The summed E-state index contributed by atoms with van der Waals surface area (Å²) >= 11 is 5.29. The van der Waals surface area contributed by atoms with Gasteiger partial charge >= 0.3 is 6.18 Å². The number of nitrogen functional groups attached to an aromatic ring is 1. The summed E-state index contributed by atoms with van der Waals surface area (Å²) in [7, 11) is 0. The predicted molar refractivity (Wildman–Crippen MR) is 38.7 cm³/mol. The molecule has 1 rings (SSSR count). The number of halogens is 4. The van der Waals surface area contributed by atoms with Gasteiger partial charge in [0.25, 0.3) is 0 Å². The lowest BCUT2D eigenvalue weighted by Crippen LogP contribution is -2.07. The highest BCUT2D eigenvalue weighted by Gasteiger charge is 2.34. The first kappa shape index (κ1) is 9.12. The van der Waals surface area contributed by atoms with Gasteiger partial charge in [0.05, 0.1) is 22.5 Å². The summed E-state index contributed by atoms with van der Waals surface area (Å²) in [6, 6.07) is 0. The summed E-state index contributed by atoms with van der Waals surface area (Å²) in [6.45, 7) is 0. The largest absolute Gasteiger partial charge is 0.419 e. The van der Waals surface area contributed by atoms with Gasteiger partial charge in [-0.05, 0) is 0 Å². The number of nitrogens with two attached hydrogens (primary N) is 1. The highest BCUT2D eigenvalue weighted by atomic mass is 35.5. The number of hydrogen-bond acceptors (Lipinski definition) is 2. The van der Waals surface area contributed by atoms with Crippen LogP contribution in [0, 0.1) is 0 Å². The van der Waals surface area contributed by atoms with Crippen LogP contribution in [-0.4, -0.2) is 4.98 Å². The zero-order valence-corrected chi connectivity index (χ0v) is 6.45. The van der Waals surface area contributed by atoms with Gasteiger partial charge in [-0.25, -0.2) is 0 Å². The molecule has 1 aromatic rings. The van der Waals surface area contributed by atoms with E-state index in [0.717, 1.165) is 6.20 Å². The molecule has 0 saturated carbocycles. The van der Waals surface area contributed by atoms with Crippen molar-refractivity contribution in [1.29, 1.82) is 0 Å².